The highest BCUT2D eigenvalue weighted by atomic mass is 16.3. The summed E-state index contributed by atoms with van der Waals surface area (Å²) in [4.78, 5) is 0. The van der Waals surface area contributed by atoms with E-state index in [1.54, 1.807) is 0 Å². The van der Waals surface area contributed by atoms with Crippen molar-refractivity contribution in [2.45, 2.75) is 25.7 Å². The van der Waals surface area contributed by atoms with Crippen LogP contribution < -0.4 is 0 Å². The Labute approximate surface area is 97.0 Å². The molecule has 0 amide bonds. The molecule has 0 spiro atoms. The maximum absolute atomic E-state index is 9.44. The number of fused-ring (bicyclic) bond motifs is 9. The summed E-state index contributed by atoms with van der Waals surface area (Å²) < 4.78 is 0. The second-order valence-corrected chi connectivity index (χ2v) is 6.83. The molecule has 2 nitrogen and oxygen atoms in total. The predicted molar refractivity (Wildman–Crippen MR) is 60.6 cm³/mol. The van der Waals surface area contributed by atoms with Crippen LogP contribution in [-0.4, -0.2) is 23.4 Å². The molecule has 2 heteroatoms. The summed E-state index contributed by atoms with van der Waals surface area (Å²) >= 11 is 0. The lowest BCUT2D eigenvalue weighted by Crippen LogP contribution is -2.37. The summed E-state index contributed by atoms with van der Waals surface area (Å²) in [5.41, 5.74) is 0. The first-order valence-corrected chi connectivity index (χ1v) is 7.05. The van der Waals surface area contributed by atoms with Crippen LogP contribution in [0.5, 0.6) is 0 Å². The Morgan fingerprint density at radius 1 is 0.688 bits per heavy atom. The lowest BCUT2D eigenvalue weighted by molar-refractivity contribution is 0.0352. The third-order valence-electron chi connectivity index (χ3n) is 6.56. The molecule has 4 aliphatic rings. The molecule has 8 atom stereocenters. The molecular weight excluding hydrogens is 200 g/mol. The van der Waals surface area contributed by atoms with E-state index < -0.39 is 0 Å². The van der Waals surface area contributed by atoms with Crippen molar-refractivity contribution in [3.63, 3.8) is 0 Å². The molecule has 0 heterocycles. The van der Waals surface area contributed by atoms with E-state index >= 15 is 0 Å². The second-order valence-electron chi connectivity index (χ2n) is 6.83. The molecule has 4 saturated carbocycles. The average Bonchev–Trinajstić information content (AvgIpc) is 3.03. The van der Waals surface area contributed by atoms with E-state index in [0.717, 1.165) is 35.5 Å². The van der Waals surface area contributed by atoms with Crippen LogP contribution in [0.2, 0.25) is 0 Å². The summed E-state index contributed by atoms with van der Waals surface area (Å²) in [7, 11) is 0. The smallest absolute Gasteiger partial charge is 0.0462 e. The van der Waals surface area contributed by atoms with Gasteiger partial charge in [0.15, 0.2) is 0 Å². The summed E-state index contributed by atoms with van der Waals surface area (Å²) in [6.07, 6.45) is 5.35. The summed E-state index contributed by atoms with van der Waals surface area (Å²) in [5, 5.41) is 18.9. The standard InChI is InChI=1S/C14H22O2/c15-5-9-1-7-3-11(9)14-8-2-10(6-16)12(4-8)13(7)14/h7-16H,1-6H2. The Balaban J connectivity index is 1.62. The molecule has 16 heavy (non-hydrogen) atoms. The Morgan fingerprint density at radius 3 is 1.50 bits per heavy atom. The van der Waals surface area contributed by atoms with Gasteiger partial charge in [-0.25, -0.2) is 0 Å². The second kappa shape index (κ2) is 3.23. The molecule has 2 N–H and O–H groups in total. The van der Waals surface area contributed by atoms with Crippen LogP contribution in [0.1, 0.15) is 25.7 Å². The minimum absolute atomic E-state index is 0.422. The third kappa shape index (κ3) is 1.01. The van der Waals surface area contributed by atoms with Crippen LogP contribution in [0.25, 0.3) is 0 Å². The number of hydrogen-bond donors (Lipinski definition) is 2. The fourth-order valence-corrected chi connectivity index (χ4v) is 6.29. The van der Waals surface area contributed by atoms with Gasteiger partial charge in [0.2, 0.25) is 0 Å². The largest absolute Gasteiger partial charge is 0.396 e. The average molecular weight is 222 g/mol. The Hall–Kier alpha value is -0.0800. The van der Waals surface area contributed by atoms with E-state index in [1.165, 1.54) is 25.7 Å². The summed E-state index contributed by atoms with van der Waals surface area (Å²) in [6.45, 7) is 0.844. The van der Waals surface area contributed by atoms with Gasteiger partial charge in [-0.05, 0) is 73.0 Å². The lowest BCUT2D eigenvalue weighted by atomic mass is 9.65. The van der Waals surface area contributed by atoms with Crippen LogP contribution in [-0.2, 0) is 0 Å². The number of aliphatic hydroxyl groups excluding tert-OH is 2. The van der Waals surface area contributed by atoms with Crippen molar-refractivity contribution in [1.29, 1.82) is 0 Å². The molecule has 8 unspecified atom stereocenters. The van der Waals surface area contributed by atoms with Crippen molar-refractivity contribution in [2.24, 2.45) is 47.3 Å². The van der Waals surface area contributed by atoms with Gasteiger partial charge < -0.3 is 10.2 Å². The minimum atomic E-state index is 0.422. The van der Waals surface area contributed by atoms with Gasteiger partial charge in [-0.2, -0.15) is 0 Å². The van der Waals surface area contributed by atoms with Crippen molar-refractivity contribution < 1.29 is 10.2 Å². The maximum atomic E-state index is 9.44. The number of rotatable bonds is 2. The van der Waals surface area contributed by atoms with E-state index in [0.29, 0.717) is 25.0 Å². The van der Waals surface area contributed by atoms with E-state index in [-0.39, 0.29) is 0 Å². The molecule has 4 rings (SSSR count). The summed E-state index contributed by atoms with van der Waals surface area (Å²) in [5.74, 6) is 6.60. The van der Waals surface area contributed by atoms with Crippen LogP contribution in [0.3, 0.4) is 0 Å². The van der Waals surface area contributed by atoms with Crippen LogP contribution in [0, 0.1) is 47.3 Å². The van der Waals surface area contributed by atoms with E-state index in [2.05, 4.69) is 0 Å². The van der Waals surface area contributed by atoms with E-state index in [1.807, 2.05) is 0 Å². The molecule has 0 radical (unpaired) electrons. The highest BCUT2D eigenvalue weighted by Gasteiger charge is 2.64. The first-order valence-electron chi connectivity index (χ1n) is 7.05. The van der Waals surface area contributed by atoms with E-state index in [4.69, 9.17) is 0 Å². The van der Waals surface area contributed by atoms with Crippen molar-refractivity contribution in [3.8, 4) is 0 Å². The third-order valence-corrected chi connectivity index (χ3v) is 6.56. The summed E-state index contributed by atoms with van der Waals surface area (Å²) in [6, 6.07) is 0. The van der Waals surface area contributed by atoms with Crippen molar-refractivity contribution in [1.82, 2.24) is 0 Å². The van der Waals surface area contributed by atoms with Gasteiger partial charge in [0.1, 0.15) is 0 Å². The first-order chi connectivity index (χ1) is 7.83. The Morgan fingerprint density at radius 2 is 1.12 bits per heavy atom. The quantitative estimate of drug-likeness (QED) is 0.695. The highest BCUT2D eigenvalue weighted by Crippen LogP contribution is 2.69. The zero-order valence-corrected chi connectivity index (χ0v) is 9.76. The van der Waals surface area contributed by atoms with Crippen LogP contribution in [0.15, 0.2) is 0 Å². The maximum Gasteiger partial charge on any atom is 0.0462 e. The van der Waals surface area contributed by atoms with Gasteiger partial charge in [0, 0.05) is 13.2 Å². The monoisotopic (exact) mass is 222 g/mol. The molecule has 0 aromatic rings. The number of hydrogen-bond acceptors (Lipinski definition) is 2. The number of aliphatic hydroxyl groups is 2. The van der Waals surface area contributed by atoms with Gasteiger partial charge in [-0.3, -0.25) is 0 Å². The first kappa shape index (κ1) is 9.90. The highest BCUT2D eigenvalue weighted by molar-refractivity contribution is 5.12. The van der Waals surface area contributed by atoms with Gasteiger partial charge >= 0.3 is 0 Å². The lowest BCUT2D eigenvalue weighted by Gasteiger charge is -2.40. The molecule has 90 valence electrons. The normalized spacial score (nSPS) is 61.9. The molecule has 4 aliphatic carbocycles. The fraction of sp³-hybridized carbons (Fsp3) is 1.00. The predicted octanol–water partition coefficient (Wildman–Crippen LogP) is 1.52. The SMILES string of the molecule is OCC1CC2CC1C1C3CC(CO)C(C3)C21. The molecule has 0 aliphatic heterocycles. The van der Waals surface area contributed by atoms with Gasteiger partial charge in [-0.1, -0.05) is 0 Å². The van der Waals surface area contributed by atoms with Crippen molar-refractivity contribution >= 4 is 0 Å². The van der Waals surface area contributed by atoms with Crippen LogP contribution in [0.4, 0.5) is 0 Å². The molecule has 0 aromatic heterocycles. The zero-order valence-electron chi connectivity index (χ0n) is 9.76. The zero-order chi connectivity index (χ0) is 10.9. The molecular formula is C14H22O2. The van der Waals surface area contributed by atoms with Crippen molar-refractivity contribution in [2.75, 3.05) is 13.2 Å². The van der Waals surface area contributed by atoms with Gasteiger partial charge in [0.25, 0.3) is 0 Å². The molecule has 0 aromatic carbocycles. The Kier molecular flexibility index (Phi) is 2.00. The molecule has 4 fully saturated rings. The van der Waals surface area contributed by atoms with Gasteiger partial charge in [0.05, 0.1) is 0 Å². The molecule has 0 saturated heterocycles. The van der Waals surface area contributed by atoms with Gasteiger partial charge in [-0.15, -0.1) is 0 Å². The minimum Gasteiger partial charge on any atom is -0.396 e. The van der Waals surface area contributed by atoms with E-state index in [9.17, 15) is 10.2 Å². The molecule has 4 bridgehead atoms. The van der Waals surface area contributed by atoms with Crippen molar-refractivity contribution in [3.05, 3.63) is 0 Å². The topological polar surface area (TPSA) is 40.5 Å². The van der Waals surface area contributed by atoms with Crippen LogP contribution >= 0.6 is 0 Å². The Bertz CT molecular complexity index is 273. The fourth-order valence-electron chi connectivity index (χ4n) is 6.29.